The standard InChI is InChI=1S/C13H25NO3/c1-5-8-11(9-6-2)13(16)14(7-3)10-12(15)17-4/h11H,5-10H2,1-4H3. The average Bonchev–Trinajstić information content (AvgIpc) is 2.34. The number of hydrogen-bond acceptors (Lipinski definition) is 3. The summed E-state index contributed by atoms with van der Waals surface area (Å²) in [5.41, 5.74) is 0. The van der Waals surface area contributed by atoms with Crippen LogP contribution in [0.4, 0.5) is 0 Å². The number of rotatable bonds is 8. The van der Waals surface area contributed by atoms with Gasteiger partial charge in [-0.25, -0.2) is 0 Å². The van der Waals surface area contributed by atoms with E-state index in [1.807, 2.05) is 6.92 Å². The first-order valence-corrected chi connectivity index (χ1v) is 6.46. The van der Waals surface area contributed by atoms with Gasteiger partial charge in [0.25, 0.3) is 0 Å². The number of nitrogens with zero attached hydrogens (tertiary/aromatic N) is 1. The molecule has 0 aliphatic carbocycles. The highest BCUT2D eigenvalue weighted by Crippen LogP contribution is 2.16. The fourth-order valence-electron chi connectivity index (χ4n) is 1.91. The molecule has 100 valence electrons. The number of hydrogen-bond donors (Lipinski definition) is 0. The van der Waals surface area contributed by atoms with Gasteiger partial charge in [0, 0.05) is 12.5 Å². The Bertz CT molecular complexity index is 235. The molecule has 0 saturated heterocycles. The van der Waals surface area contributed by atoms with Gasteiger partial charge in [0.05, 0.1) is 7.11 Å². The van der Waals surface area contributed by atoms with Crippen LogP contribution in [0.25, 0.3) is 0 Å². The number of methoxy groups -OCH3 is 1. The van der Waals surface area contributed by atoms with Crippen LogP contribution in [0.3, 0.4) is 0 Å². The van der Waals surface area contributed by atoms with E-state index in [1.54, 1.807) is 4.90 Å². The van der Waals surface area contributed by atoms with Gasteiger partial charge in [0.2, 0.25) is 5.91 Å². The number of carbonyl (C=O) groups excluding carboxylic acids is 2. The largest absolute Gasteiger partial charge is 0.468 e. The molecule has 0 aromatic heterocycles. The van der Waals surface area contributed by atoms with E-state index in [2.05, 4.69) is 18.6 Å². The monoisotopic (exact) mass is 243 g/mol. The molecule has 0 aromatic carbocycles. The predicted molar refractivity (Wildman–Crippen MR) is 67.6 cm³/mol. The van der Waals surface area contributed by atoms with E-state index in [1.165, 1.54) is 7.11 Å². The first kappa shape index (κ1) is 15.9. The maximum atomic E-state index is 12.2. The van der Waals surface area contributed by atoms with E-state index < -0.39 is 0 Å². The topological polar surface area (TPSA) is 46.6 Å². The Morgan fingerprint density at radius 1 is 1.12 bits per heavy atom. The lowest BCUT2D eigenvalue weighted by Crippen LogP contribution is -2.39. The molecule has 0 heterocycles. The molecule has 4 nitrogen and oxygen atoms in total. The van der Waals surface area contributed by atoms with Crippen LogP contribution in [-0.4, -0.2) is 37.0 Å². The zero-order chi connectivity index (χ0) is 13.3. The molecule has 17 heavy (non-hydrogen) atoms. The summed E-state index contributed by atoms with van der Waals surface area (Å²) < 4.78 is 4.60. The third kappa shape index (κ3) is 5.71. The molecule has 0 saturated carbocycles. The van der Waals surface area contributed by atoms with Crippen LogP contribution in [0, 0.1) is 5.92 Å². The Kier molecular flexibility index (Phi) is 8.46. The minimum absolute atomic E-state index is 0.0506. The smallest absolute Gasteiger partial charge is 0.325 e. The minimum atomic E-state index is -0.355. The second-order valence-electron chi connectivity index (χ2n) is 4.20. The van der Waals surface area contributed by atoms with E-state index in [4.69, 9.17) is 0 Å². The number of ether oxygens (including phenoxy) is 1. The molecular formula is C13H25NO3. The lowest BCUT2D eigenvalue weighted by atomic mass is 9.96. The highest BCUT2D eigenvalue weighted by molar-refractivity contribution is 5.83. The van der Waals surface area contributed by atoms with Crippen molar-refractivity contribution in [2.45, 2.75) is 46.5 Å². The van der Waals surface area contributed by atoms with Gasteiger partial charge in [-0.3, -0.25) is 9.59 Å². The summed E-state index contributed by atoms with van der Waals surface area (Å²) in [5, 5.41) is 0. The molecule has 0 spiro atoms. The minimum Gasteiger partial charge on any atom is -0.468 e. The van der Waals surface area contributed by atoms with Crippen molar-refractivity contribution in [3.63, 3.8) is 0 Å². The third-order valence-corrected chi connectivity index (χ3v) is 2.86. The Hall–Kier alpha value is -1.06. The first-order chi connectivity index (χ1) is 8.10. The second kappa shape index (κ2) is 9.02. The van der Waals surface area contributed by atoms with Gasteiger partial charge < -0.3 is 9.64 Å². The van der Waals surface area contributed by atoms with Crippen molar-refractivity contribution >= 4 is 11.9 Å². The lowest BCUT2D eigenvalue weighted by molar-refractivity contribution is -0.148. The zero-order valence-corrected chi connectivity index (χ0v) is 11.5. The van der Waals surface area contributed by atoms with Crippen molar-refractivity contribution < 1.29 is 14.3 Å². The maximum absolute atomic E-state index is 12.2. The highest BCUT2D eigenvalue weighted by atomic mass is 16.5. The summed E-state index contributed by atoms with van der Waals surface area (Å²) in [7, 11) is 1.34. The number of carbonyl (C=O) groups is 2. The quantitative estimate of drug-likeness (QED) is 0.614. The van der Waals surface area contributed by atoms with Gasteiger partial charge in [0.15, 0.2) is 0 Å². The predicted octanol–water partition coefficient (Wildman–Crippen LogP) is 2.22. The van der Waals surface area contributed by atoms with Gasteiger partial charge in [-0.05, 0) is 19.8 Å². The fraction of sp³-hybridized carbons (Fsp3) is 0.846. The molecule has 0 aromatic rings. The molecular weight excluding hydrogens is 218 g/mol. The van der Waals surface area contributed by atoms with Gasteiger partial charge >= 0.3 is 5.97 Å². The molecule has 0 N–H and O–H groups in total. The normalized spacial score (nSPS) is 10.4. The summed E-state index contributed by atoms with van der Waals surface area (Å²) in [6.45, 7) is 6.66. The van der Waals surface area contributed by atoms with Crippen molar-refractivity contribution in [1.29, 1.82) is 0 Å². The van der Waals surface area contributed by atoms with Gasteiger partial charge in [-0.15, -0.1) is 0 Å². The Labute approximate surface area is 104 Å². The molecule has 0 aliphatic rings. The van der Waals surface area contributed by atoms with Crippen molar-refractivity contribution in [3.05, 3.63) is 0 Å². The van der Waals surface area contributed by atoms with Crippen LogP contribution >= 0.6 is 0 Å². The average molecular weight is 243 g/mol. The molecule has 0 unspecified atom stereocenters. The number of amides is 1. The van der Waals surface area contributed by atoms with Crippen LogP contribution in [0.1, 0.15) is 46.5 Å². The van der Waals surface area contributed by atoms with Gasteiger partial charge in [-0.2, -0.15) is 0 Å². The summed E-state index contributed by atoms with van der Waals surface area (Å²) in [5.74, 6) is -0.219. The number of esters is 1. The van der Waals surface area contributed by atoms with Crippen molar-refractivity contribution in [2.24, 2.45) is 5.92 Å². The first-order valence-electron chi connectivity index (χ1n) is 6.46. The molecule has 0 radical (unpaired) electrons. The number of likely N-dealkylation sites (N-methyl/N-ethyl adjacent to an activating group) is 1. The van der Waals surface area contributed by atoms with E-state index in [-0.39, 0.29) is 24.3 Å². The third-order valence-electron chi connectivity index (χ3n) is 2.86. The fourth-order valence-corrected chi connectivity index (χ4v) is 1.91. The van der Waals surface area contributed by atoms with Gasteiger partial charge in [-0.1, -0.05) is 26.7 Å². The second-order valence-corrected chi connectivity index (χ2v) is 4.20. The Morgan fingerprint density at radius 3 is 2.00 bits per heavy atom. The van der Waals surface area contributed by atoms with Crippen LogP contribution < -0.4 is 0 Å². The molecule has 0 bridgehead atoms. The molecule has 0 atom stereocenters. The summed E-state index contributed by atoms with van der Waals surface area (Å²) in [6, 6.07) is 0. The molecule has 0 aliphatic heterocycles. The van der Waals surface area contributed by atoms with Crippen molar-refractivity contribution in [3.8, 4) is 0 Å². The van der Waals surface area contributed by atoms with Crippen molar-refractivity contribution in [1.82, 2.24) is 4.90 Å². The van der Waals surface area contributed by atoms with Crippen LogP contribution in [0.5, 0.6) is 0 Å². The van der Waals surface area contributed by atoms with Crippen LogP contribution in [-0.2, 0) is 14.3 Å². The molecule has 0 fully saturated rings. The maximum Gasteiger partial charge on any atom is 0.325 e. The highest BCUT2D eigenvalue weighted by Gasteiger charge is 2.23. The summed E-state index contributed by atoms with van der Waals surface area (Å²) in [4.78, 5) is 25.0. The van der Waals surface area contributed by atoms with E-state index >= 15 is 0 Å². The zero-order valence-electron chi connectivity index (χ0n) is 11.5. The van der Waals surface area contributed by atoms with Crippen molar-refractivity contribution in [2.75, 3.05) is 20.2 Å². The Balaban J connectivity index is 4.51. The molecule has 1 amide bonds. The molecule has 0 rings (SSSR count). The van der Waals surface area contributed by atoms with Crippen LogP contribution in [0.15, 0.2) is 0 Å². The summed E-state index contributed by atoms with van der Waals surface area (Å²) >= 11 is 0. The Morgan fingerprint density at radius 2 is 1.65 bits per heavy atom. The van der Waals surface area contributed by atoms with E-state index in [9.17, 15) is 9.59 Å². The SMILES string of the molecule is CCCC(CCC)C(=O)N(CC)CC(=O)OC. The van der Waals surface area contributed by atoms with E-state index in [0.717, 1.165) is 25.7 Å². The molecule has 4 heteroatoms. The van der Waals surface area contributed by atoms with E-state index in [0.29, 0.717) is 6.54 Å². The summed E-state index contributed by atoms with van der Waals surface area (Å²) in [6.07, 6.45) is 3.77. The lowest BCUT2D eigenvalue weighted by Gasteiger charge is -2.25. The van der Waals surface area contributed by atoms with Crippen LogP contribution in [0.2, 0.25) is 0 Å². The van der Waals surface area contributed by atoms with Gasteiger partial charge in [0.1, 0.15) is 6.54 Å².